The molecule has 0 bridgehead atoms. The van der Waals surface area contributed by atoms with E-state index in [1.165, 1.54) is 12.5 Å². The Morgan fingerprint density at radius 1 is 1.04 bits per heavy atom. The first kappa shape index (κ1) is 15.8. The van der Waals surface area contributed by atoms with Crippen LogP contribution in [0.2, 0.25) is 0 Å². The third kappa shape index (κ3) is 3.63. The lowest BCUT2D eigenvalue weighted by Crippen LogP contribution is -2.14. The molecular weight excluding hydrogens is 302 g/mol. The summed E-state index contributed by atoms with van der Waals surface area (Å²) in [6.07, 6.45) is 2.16. The summed E-state index contributed by atoms with van der Waals surface area (Å²) in [5.74, 6) is -0.246. The van der Waals surface area contributed by atoms with Gasteiger partial charge >= 0.3 is 0 Å². The minimum atomic E-state index is -0.146. The quantitative estimate of drug-likeness (QED) is 0.686. The number of hydrogen-bond donors (Lipinski definition) is 3. The molecule has 3 aromatic rings. The standard InChI is InChI=1S/C19H19N3O2/c1-12-6-7-17-14(11-20-18(17)8-12)9-19(24)22-16-5-3-4-15(10-16)21-13(2)23/h3-8,10-11,20H,9H2,1-2H3,(H,21,23)(H,22,24). The largest absolute Gasteiger partial charge is 0.361 e. The molecule has 0 unspecified atom stereocenters. The van der Waals surface area contributed by atoms with Crippen LogP contribution in [0.1, 0.15) is 18.1 Å². The first-order valence-corrected chi connectivity index (χ1v) is 7.75. The second-order valence-corrected chi connectivity index (χ2v) is 5.85. The molecule has 3 rings (SSSR count). The predicted molar refractivity (Wildman–Crippen MR) is 96.1 cm³/mol. The number of H-pyrrole nitrogens is 1. The number of nitrogens with one attached hydrogen (secondary N) is 3. The smallest absolute Gasteiger partial charge is 0.228 e. The van der Waals surface area contributed by atoms with Crippen LogP contribution in [-0.4, -0.2) is 16.8 Å². The fourth-order valence-electron chi connectivity index (χ4n) is 2.70. The molecule has 2 amide bonds. The molecule has 0 spiro atoms. The van der Waals surface area contributed by atoms with Gasteiger partial charge in [-0.2, -0.15) is 0 Å². The van der Waals surface area contributed by atoms with Crippen LogP contribution in [0.25, 0.3) is 10.9 Å². The van der Waals surface area contributed by atoms with Gasteiger partial charge in [0.05, 0.1) is 6.42 Å². The molecule has 0 aliphatic carbocycles. The topological polar surface area (TPSA) is 74.0 Å². The maximum absolute atomic E-state index is 12.3. The molecule has 5 heteroatoms. The van der Waals surface area contributed by atoms with Crippen molar-refractivity contribution < 1.29 is 9.59 Å². The first-order valence-electron chi connectivity index (χ1n) is 7.75. The summed E-state index contributed by atoms with van der Waals surface area (Å²) in [5, 5.41) is 6.62. The highest BCUT2D eigenvalue weighted by molar-refractivity contribution is 5.96. The van der Waals surface area contributed by atoms with E-state index in [2.05, 4.69) is 21.7 Å². The van der Waals surface area contributed by atoms with Crippen molar-refractivity contribution in [3.8, 4) is 0 Å². The molecule has 1 heterocycles. The second-order valence-electron chi connectivity index (χ2n) is 5.85. The highest BCUT2D eigenvalue weighted by Gasteiger charge is 2.09. The number of carbonyl (C=O) groups excluding carboxylic acids is 2. The highest BCUT2D eigenvalue weighted by atomic mass is 16.2. The summed E-state index contributed by atoms with van der Waals surface area (Å²) in [5.41, 5.74) is 4.48. The van der Waals surface area contributed by atoms with Gasteiger partial charge in [0.15, 0.2) is 0 Å². The van der Waals surface area contributed by atoms with Crippen LogP contribution in [0.4, 0.5) is 11.4 Å². The SMILES string of the molecule is CC(=O)Nc1cccc(NC(=O)Cc2c[nH]c3cc(C)ccc23)c1. The van der Waals surface area contributed by atoms with E-state index in [1.54, 1.807) is 24.3 Å². The van der Waals surface area contributed by atoms with Crippen LogP contribution < -0.4 is 10.6 Å². The molecule has 0 aliphatic rings. The van der Waals surface area contributed by atoms with E-state index < -0.39 is 0 Å². The molecule has 0 saturated carbocycles. The molecule has 0 fully saturated rings. The van der Waals surface area contributed by atoms with Crippen molar-refractivity contribution in [2.75, 3.05) is 10.6 Å². The molecule has 0 atom stereocenters. The van der Waals surface area contributed by atoms with Gasteiger partial charge in [-0.25, -0.2) is 0 Å². The van der Waals surface area contributed by atoms with E-state index >= 15 is 0 Å². The third-order valence-corrected chi connectivity index (χ3v) is 3.74. The number of aromatic amines is 1. The Bertz CT molecular complexity index is 912. The Labute approximate surface area is 140 Å². The molecule has 3 N–H and O–H groups in total. The van der Waals surface area contributed by atoms with Gasteiger partial charge in [0.25, 0.3) is 0 Å². The third-order valence-electron chi connectivity index (χ3n) is 3.74. The lowest BCUT2D eigenvalue weighted by Gasteiger charge is -2.07. The summed E-state index contributed by atoms with van der Waals surface area (Å²) in [7, 11) is 0. The molecule has 0 saturated heterocycles. The van der Waals surface area contributed by atoms with E-state index in [-0.39, 0.29) is 18.2 Å². The second kappa shape index (κ2) is 6.58. The number of benzene rings is 2. The van der Waals surface area contributed by atoms with Crippen LogP contribution in [-0.2, 0) is 16.0 Å². The van der Waals surface area contributed by atoms with Crippen molar-refractivity contribution in [3.63, 3.8) is 0 Å². The number of aryl methyl sites for hydroxylation is 1. The Hall–Kier alpha value is -3.08. The number of fused-ring (bicyclic) bond motifs is 1. The van der Waals surface area contributed by atoms with Crippen LogP contribution in [0, 0.1) is 6.92 Å². The van der Waals surface area contributed by atoms with Crippen LogP contribution in [0.15, 0.2) is 48.7 Å². The Balaban J connectivity index is 1.72. The van der Waals surface area contributed by atoms with Crippen molar-refractivity contribution in [3.05, 3.63) is 59.8 Å². The fraction of sp³-hybridized carbons (Fsp3) is 0.158. The van der Waals surface area contributed by atoms with E-state index in [9.17, 15) is 9.59 Å². The number of amides is 2. The van der Waals surface area contributed by atoms with E-state index in [4.69, 9.17) is 0 Å². The number of rotatable bonds is 4. The first-order chi connectivity index (χ1) is 11.5. The highest BCUT2D eigenvalue weighted by Crippen LogP contribution is 2.21. The molecule has 0 aliphatic heterocycles. The molecular formula is C19H19N3O2. The van der Waals surface area contributed by atoms with Crippen molar-refractivity contribution in [1.82, 2.24) is 4.98 Å². The van der Waals surface area contributed by atoms with Crippen molar-refractivity contribution in [2.45, 2.75) is 20.3 Å². The minimum Gasteiger partial charge on any atom is -0.361 e. The van der Waals surface area contributed by atoms with Crippen molar-refractivity contribution in [2.24, 2.45) is 0 Å². The van der Waals surface area contributed by atoms with Gasteiger partial charge in [0.1, 0.15) is 0 Å². The average molecular weight is 321 g/mol. The van der Waals surface area contributed by atoms with E-state index in [0.717, 1.165) is 16.5 Å². The fourth-order valence-corrected chi connectivity index (χ4v) is 2.70. The molecule has 24 heavy (non-hydrogen) atoms. The van der Waals surface area contributed by atoms with Gasteiger partial charge in [-0.05, 0) is 42.3 Å². The molecule has 122 valence electrons. The minimum absolute atomic E-state index is 0.101. The van der Waals surface area contributed by atoms with Crippen molar-refractivity contribution >= 4 is 34.1 Å². The number of carbonyl (C=O) groups is 2. The van der Waals surface area contributed by atoms with Gasteiger partial charge in [0, 0.05) is 35.4 Å². The Kier molecular flexibility index (Phi) is 4.33. The van der Waals surface area contributed by atoms with Gasteiger partial charge in [-0.1, -0.05) is 18.2 Å². The maximum atomic E-state index is 12.3. The van der Waals surface area contributed by atoms with Gasteiger partial charge in [0.2, 0.25) is 11.8 Å². The van der Waals surface area contributed by atoms with E-state index in [1.807, 2.05) is 25.3 Å². The number of aromatic nitrogens is 1. The molecule has 5 nitrogen and oxygen atoms in total. The lowest BCUT2D eigenvalue weighted by molar-refractivity contribution is -0.115. The summed E-state index contributed by atoms with van der Waals surface area (Å²) in [6, 6.07) is 13.2. The van der Waals surface area contributed by atoms with Crippen LogP contribution in [0.5, 0.6) is 0 Å². The van der Waals surface area contributed by atoms with Gasteiger partial charge in [-0.15, -0.1) is 0 Å². The molecule has 1 aromatic heterocycles. The van der Waals surface area contributed by atoms with Crippen LogP contribution in [0.3, 0.4) is 0 Å². The number of hydrogen-bond acceptors (Lipinski definition) is 2. The Morgan fingerprint density at radius 3 is 2.54 bits per heavy atom. The number of anilines is 2. The van der Waals surface area contributed by atoms with Crippen LogP contribution >= 0.6 is 0 Å². The zero-order valence-electron chi connectivity index (χ0n) is 13.6. The van der Waals surface area contributed by atoms with Crippen molar-refractivity contribution in [1.29, 1.82) is 0 Å². The Morgan fingerprint density at radius 2 is 1.79 bits per heavy atom. The molecule has 2 aromatic carbocycles. The summed E-state index contributed by atoms with van der Waals surface area (Å²) in [4.78, 5) is 26.6. The normalized spacial score (nSPS) is 10.6. The van der Waals surface area contributed by atoms with Gasteiger partial charge in [-0.3, -0.25) is 9.59 Å². The zero-order valence-corrected chi connectivity index (χ0v) is 13.6. The average Bonchev–Trinajstić information content (AvgIpc) is 2.88. The summed E-state index contributed by atoms with van der Waals surface area (Å²) >= 11 is 0. The monoisotopic (exact) mass is 321 g/mol. The zero-order chi connectivity index (χ0) is 17.1. The molecule has 0 radical (unpaired) electrons. The predicted octanol–water partition coefficient (Wildman–Crippen LogP) is 3.62. The lowest BCUT2D eigenvalue weighted by atomic mass is 10.1. The van der Waals surface area contributed by atoms with Gasteiger partial charge < -0.3 is 15.6 Å². The maximum Gasteiger partial charge on any atom is 0.228 e. The summed E-state index contributed by atoms with van der Waals surface area (Å²) in [6.45, 7) is 3.48. The van der Waals surface area contributed by atoms with E-state index in [0.29, 0.717) is 11.4 Å². The summed E-state index contributed by atoms with van der Waals surface area (Å²) < 4.78 is 0.